The van der Waals surface area contributed by atoms with Crippen molar-refractivity contribution in [3.63, 3.8) is 0 Å². The summed E-state index contributed by atoms with van der Waals surface area (Å²) in [7, 11) is -3.69. The third-order valence-corrected chi connectivity index (χ3v) is 3.44. The van der Waals surface area contributed by atoms with E-state index in [0.29, 0.717) is 5.69 Å². The minimum absolute atomic E-state index is 0.0648. The van der Waals surface area contributed by atoms with Gasteiger partial charge in [0.05, 0.1) is 17.0 Å². The Balaban J connectivity index is 2.80. The molecule has 0 aromatic carbocycles. The van der Waals surface area contributed by atoms with E-state index in [1.165, 1.54) is 18.3 Å². The Bertz CT molecular complexity index is 449. The molecule has 5 heteroatoms. The van der Waals surface area contributed by atoms with Gasteiger partial charge < -0.3 is 0 Å². The van der Waals surface area contributed by atoms with Crippen LogP contribution in [0.4, 0.5) is 0 Å². The number of carbonyl (C=O) groups is 1. The number of fused-ring (bicyclic) bond motifs is 1. The van der Waals surface area contributed by atoms with Crippen molar-refractivity contribution >= 4 is 15.0 Å². The molecule has 1 aromatic rings. The molecule has 0 fully saturated rings. The number of pyridine rings is 1. The number of hydrogen-bond acceptors (Lipinski definition) is 4. The van der Waals surface area contributed by atoms with Crippen LogP contribution in [-0.4, -0.2) is 18.5 Å². The topological polar surface area (TPSA) is 64.1 Å². The second-order valence-electron chi connectivity index (χ2n) is 2.50. The molecule has 2 heterocycles. The lowest BCUT2D eigenvalue weighted by Crippen LogP contribution is -2.07. The lowest BCUT2D eigenvalue weighted by molar-refractivity contribution is -0.110. The van der Waals surface area contributed by atoms with E-state index in [1.807, 2.05) is 0 Å². The summed E-state index contributed by atoms with van der Waals surface area (Å²) in [5.74, 6) is 0. The zero-order chi connectivity index (χ0) is 8.77. The molecule has 0 amide bonds. The van der Waals surface area contributed by atoms with Crippen molar-refractivity contribution in [1.82, 2.24) is 4.98 Å². The molecule has 12 heavy (non-hydrogen) atoms. The van der Waals surface area contributed by atoms with Crippen LogP contribution in [0, 0.1) is 0 Å². The van der Waals surface area contributed by atoms with Gasteiger partial charge in [0.2, 0.25) is 9.84 Å². The number of sulfone groups is 1. The minimum Gasteiger partial charge on any atom is -0.281 e. The van der Waals surface area contributed by atoms with E-state index < -0.39 is 15.0 Å². The monoisotopic (exact) mass is 183 g/mol. The molecule has 62 valence electrons. The molecule has 0 bridgehead atoms. The first-order valence-electron chi connectivity index (χ1n) is 3.34. The van der Waals surface area contributed by atoms with Crippen LogP contribution in [0.1, 0.15) is 5.69 Å². The lowest BCUT2D eigenvalue weighted by atomic mass is 10.3. The number of rotatable bonds is 0. The number of nitrogens with zero attached hydrogens (tertiary/aromatic N) is 1. The summed E-state index contributed by atoms with van der Waals surface area (Å²) >= 11 is 0. The molecule has 0 N–H and O–H groups in total. The van der Waals surface area contributed by atoms with Gasteiger partial charge in [-0.15, -0.1) is 0 Å². The van der Waals surface area contributed by atoms with Gasteiger partial charge in [-0.2, -0.15) is 0 Å². The first kappa shape index (κ1) is 7.42. The Hall–Kier alpha value is -1.23. The normalized spacial score (nSPS) is 19.2. The van der Waals surface area contributed by atoms with Gasteiger partial charge in [0.1, 0.15) is 0 Å². The molecule has 0 unspecified atom stereocenters. The molecule has 0 saturated carbocycles. The summed E-state index contributed by atoms with van der Waals surface area (Å²) in [6.07, 6.45) is 1.39. The molecule has 0 saturated heterocycles. The van der Waals surface area contributed by atoms with Crippen LogP contribution in [0.2, 0.25) is 0 Å². The third-order valence-electron chi connectivity index (χ3n) is 1.75. The molecule has 1 aliphatic heterocycles. The average Bonchev–Trinajstić information content (AvgIpc) is 2.25. The summed E-state index contributed by atoms with van der Waals surface area (Å²) in [6.45, 7) is 0. The number of carbonyl (C=O) groups excluding carboxylic acids is 1. The fraction of sp³-hybridized carbons (Fsp3) is 0.143. The predicted molar refractivity (Wildman–Crippen MR) is 40.1 cm³/mol. The van der Waals surface area contributed by atoms with E-state index in [4.69, 9.17) is 0 Å². The van der Waals surface area contributed by atoms with Crippen LogP contribution in [0.25, 0.3) is 0 Å². The Kier molecular flexibility index (Phi) is 1.32. The molecule has 1 aromatic heterocycles. The maximum absolute atomic E-state index is 11.2. The summed E-state index contributed by atoms with van der Waals surface area (Å²) in [4.78, 5) is 14.8. The Labute approximate surface area is 69.2 Å². The van der Waals surface area contributed by atoms with Gasteiger partial charge in [-0.3, -0.25) is 9.78 Å². The molecule has 0 spiro atoms. The van der Waals surface area contributed by atoms with Crippen LogP contribution in [0.3, 0.4) is 0 Å². The predicted octanol–water partition coefficient (Wildman–Crippen LogP) is -0.0620. The first-order chi connectivity index (χ1) is 5.62. The smallest absolute Gasteiger partial charge is 0.257 e. The maximum atomic E-state index is 11.2. The summed E-state index contributed by atoms with van der Waals surface area (Å²) in [5.41, 5.74) is 0.363. The molecule has 0 aliphatic carbocycles. The minimum atomic E-state index is -3.69. The van der Waals surface area contributed by atoms with Gasteiger partial charge >= 0.3 is 0 Å². The largest absolute Gasteiger partial charge is 0.281 e. The summed E-state index contributed by atoms with van der Waals surface area (Å²) < 4.78 is 22.4. The molecule has 2 rings (SSSR count). The van der Waals surface area contributed by atoms with Crippen molar-refractivity contribution in [2.24, 2.45) is 0 Å². The van der Waals surface area contributed by atoms with E-state index in [0.717, 1.165) is 0 Å². The lowest BCUT2D eigenvalue weighted by Gasteiger charge is -1.91. The van der Waals surface area contributed by atoms with Gasteiger partial charge in [0, 0.05) is 6.20 Å². The van der Waals surface area contributed by atoms with E-state index in [-0.39, 0.29) is 11.3 Å². The van der Waals surface area contributed by atoms with Gasteiger partial charge in [-0.25, -0.2) is 8.42 Å². The molecule has 1 aliphatic rings. The van der Waals surface area contributed by atoms with Crippen LogP contribution in [-0.2, 0) is 21.1 Å². The van der Waals surface area contributed by atoms with Crippen molar-refractivity contribution in [1.29, 1.82) is 0 Å². The standard InChI is InChI=1S/C7H5NO3S/c9-7-4-5-6(12(7,10)11)2-1-3-8-5/h1-3H,4H2. The Morgan fingerprint density at radius 2 is 2.17 bits per heavy atom. The molecular weight excluding hydrogens is 178 g/mol. The zero-order valence-electron chi connectivity index (χ0n) is 6.02. The van der Waals surface area contributed by atoms with Crippen LogP contribution < -0.4 is 0 Å². The van der Waals surface area contributed by atoms with Crippen molar-refractivity contribution in [3.8, 4) is 0 Å². The number of hydrogen-bond donors (Lipinski definition) is 0. The highest BCUT2D eigenvalue weighted by Crippen LogP contribution is 2.24. The van der Waals surface area contributed by atoms with Crippen molar-refractivity contribution in [2.45, 2.75) is 11.3 Å². The second kappa shape index (κ2) is 2.13. The fourth-order valence-electron chi connectivity index (χ4n) is 1.16. The van der Waals surface area contributed by atoms with Crippen LogP contribution in [0.15, 0.2) is 23.2 Å². The SMILES string of the molecule is O=C1Cc2ncccc2S1(=O)=O. The van der Waals surface area contributed by atoms with E-state index in [2.05, 4.69) is 4.98 Å². The summed E-state index contributed by atoms with van der Waals surface area (Å²) in [6, 6.07) is 2.91. The van der Waals surface area contributed by atoms with Gasteiger partial charge in [0.15, 0.2) is 0 Å². The Morgan fingerprint density at radius 3 is 2.83 bits per heavy atom. The molecular formula is C7H5NO3S. The number of aromatic nitrogens is 1. The van der Waals surface area contributed by atoms with Gasteiger partial charge in [-0.1, -0.05) is 0 Å². The average molecular weight is 183 g/mol. The highest BCUT2D eigenvalue weighted by molar-refractivity contribution is 8.06. The third kappa shape index (κ3) is 0.797. The van der Waals surface area contributed by atoms with Gasteiger partial charge in [0.25, 0.3) is 5.12 Å². The first-order valence-corrected chi connectivity index (χ1v) is 4.82. The van der Waals surface area contributed by atoms with Crippen LogP contribution in [0.5, 0.6) is 0 Å². The van der Waals surface area contributed by atoms with E-state index in [1.54, 1.807) is 0 Å². The molecule has 4 nitrogen and oxygen atoms in total. The van der Waals surface area contributed by atoms with E-state index >= 15 is 0 Å². The molecule has 0 radical (unpaired) electrons. The maximum Gasteiger partial charge on any atom is 0.257 e. The van der Waals surface area contributed by atoms with Crippen molar-refractivity contribution in [2.75, 3.05) is 0 Å². The molecule has 0 atom stereocenters. The van der Waals surface area contributed by atoms with E-state index in [9.17, 15) is 13.2 Å². The van der Waals surface area contributed by atoms with Crippen LogP contribution >= 0.6 is 0 Å². The highest BCUT2D eigenvalue weighted by Gasteiger charge is 2.35. The Morgan fingerprint density at radius 1 is 1.42 bits per heavy atom. The van der Waals surface area contributed by atoms with Gasteiger partial charge in [-0.05, 0) is 12.1 Å². The fourth-order valence-corrected chi connectivity index (χ4v) is 2.42. The van der Waals surface area contributed by atoms with Crippen molar-refractivity contribution < 1.29 is 13.2 Å². The summed E-state index contributed by atoms with van der Waals surface area (Å²) in [5, 5.41) is -0.754. The van der Waals surface area contributed by atoms with Crippen molar-refractivity contribution in [3.05, 3.63) is 24.0 Å². The second-order valence-corrected chi connectivity index (χ2v) is 4.40. The highest BCUT2D eigenvalue weighted by atomic mass is 32.2. The zero-order valence-corrected chi connectivity index (χ0v) is 6.84. The quantitative estimate of drug-likeness (QED) is 0.565.